The number of nitrogens with one attached hydrogen (secondary N) is 1. The van der Waals surface area contributed by atoms with E-state index in [0.717, 1.165) is 12.5 Å². The topological polar surface area (TPSA) is 83.1 Å². The molecule has 1 N–H and O–H groups in total. The number of piperidine rings is 1. The molecular formula is C15H16FN3O3S. The molecule has 0 aliphatic carbocycles. The SMILES string of the molecule is O=c1nccc(C2CCCN(S(=O)(=O)c3ccccc3F)C2)[nH]1. The second kappa shape index (κ2) is 6.21. The van der Waals surface area contributed by atoms with Crippen molar-refractivity contribution in [3.05, 3.63) is 58.5 Å². The van der Waals surface area contributed by atoms with Crippen LogP contribution in [0.2, 0.25) is 0 Å². The lowest BCUT2D eigenvalue weighted by atomic mass is 9.96. The Morgan fingerprint density at radius 2 is 2.04 bits per heavy atom. The average molecular weight is 337 g/mol. The predicted octanol–water partition coefficient (Wildman–Crippen LogP) is 1.48. The van der Waals surface area contributed by atoms with Gasteiger partial charge >= 0.3 is 5.69 Å². The number of rotatable bonds is 3. The zero-order chi connectivity index (χ0) is 16.4. The fourth-order valence-electron chi connectivity index (χ4n) is 2.83. The molecule has 0 saturated carbocycles. The van der Waals surface area contributed by atoms with Crippen LogP contribution in [0, 0.1) is 5.82 Å². The lowest BCUT2D eigenvalue weighted by Gasteiger charge is -2.31. The Morgan fingerprint density at radius 1 is 1.26 bits per heavy atom. The normalized spacial score (nSPS) is 19.6. The van der Waals surface area contributed by atoms with E-state index in [-0.39, 0.29) is 17.4 Å². The van der Waals surface area contributed by atoms with Crippen molar-refractivity contribution in [1.29, 1.82) is 0 Å². The van der Waals surface area contributed by atoms with Crippen molar-refractivity contribution in [2.45, 2.75) is 23.7 Å². The summed E-state index contributed by atoms with van der Waals surface area (Å²) in [5, 5.41) is 0. The molecule has 1 aromatic carbocycles. The number of benzene rings is 1. The van der Waals surface area contributed by atoms with Gasteiger partial charge in [-0.05, 0) is 31.0 Å². The van der Waals surface area contributed by atoms with Crippen molar-refractivity contribution < 1.29 is 12.8 Å². The number of aromatic amines is 1. The second-order valence-electron chi connectivity index (χ2n) is 5.46. The Balaban J connectivity index is 1.89. The molecule has 3 rings (SSSR count). The van der Waals surface area contributed by atoms with E-state index in [1.807, 2.05) is 0 Å². The van der Waals surface area contributed by atoms with Gasteiger partial charge in [0.05, 0.1) is 0 Å². The van der Waals surface area contributed by atoms with Crippen LogP contribution in [0.5, 0.6) is 0 Å². The molecule has 1 fully saturated rings. The standard InChI is InChI=1S/C15H16FN3O3S/c16-12-5-1-2-6-14(12)23(21,22)19-9-3-4-11(10-19)13-7-8-17-15(20)18-13/h1-2,5-8,11H,3-4,9-10H2,(H,17,18,20). The third-order valence-electron chi connectivity index (χ3n) is 3.98. The van der Waals surface area contributed by atoms with Crippen molar-refractivity contribution in [2.75, 3.05) is 13.1 Å². The summed E-state index contributed by atoms with van der Waals surface area (Å²) in [5.41, 5.74) is 0.190. The largest absolute Gasteiger partial charge is 0.345 e. The summed E-state index contributed by atoms with van der Waals surface area (Å²) in [7, 11) is -3.89. The highest BCUT2D eigenvalue weighted by atomic mass is 32.2. The van der Waals surface area contributed by atoms with Gasteiger partial charge in [-0.1, -0.05) is 12.1 Å². The van der Waals surface area contributed by atoms with Gasteiger partial charge in [0.2, 0.25) is 10.0 Å². The molecule has 0 bridgehead atoms. The van der Waals surface area contributed by atoms with E-state index >= 15 is 0 Å². The van der Waals surface area contributed by atoms with Crippen molar-refractivity contribution in [2.24, 2.45) is 0 Å². The second-order valence-corrected chi connectivity index (χ2v) is 7.37. The molecule has 1 aliphatic heterocycles. The summed E-state index contributed by atoms with van der Waals surface area (Å²) in [5.74, 6) is -0.895. The van der Waals surface area contributed by atoms with Gasteiger partial charge in [0.15, 0.2) is 0 Å². The van der Waals surface area contributed by atoms with Crippen LogP contribution in [-0.4, -0.2) is 35.8 Å². The van der Waals surface area contributed by atoms with E-state index in [1.54, 1.807) is 6.07 Å². The maximum Gasteiger partial charge on any atom is 0.345 e. The highest BCUT2D eigenvalue weighted by Crippen LogP contribution is 2.29. The molecule has 2 aromatic rings. The van der Waals surface area contributed by atoms with Crippen LogP contribution in [0.15, 0.2) is 46.2 Å². The highest BCUT2D eigenvalue weighted by Gasteiger charge is 2.32. The van der Waals surface area contributed by atoms with Gasteiger partial charge in [-0.2, -0.15) is 4.31 Å². The van der Waals surface area contributed by atoms with Gasteiger partial charge in [0.1, 0.15) is 10.7 Å². The molecule has 23 heavy (non-hydrogen) atoms. The minimum atomic E-state index is -3.89. The average Bonchev–Trinajstić information content (AvgIpc) is 2.55. The number of hydrogen-bond acceptors (Lipinski definition) is 4. The van der Waals surface area contributed by atoms with Gasteiger partial charge in [-0.25, -0.2) is 22.6 Å². The number of H-pyrrole nitrogens is 1. The highest BCUT2D eigenvalue weighted by molar-refractivity contribution is 7.89. The Bertz CT molecular complexity index is 866. The number of hydrogen-bond donors (Lipinski definition) is 1. The number of nitrogens with zero attached hydrogens (tertiary/aromatic N) is 2. The molecule has 0 amide bonds. The molecule has 1 unspecified atom stereocenters. The summed E-state index contributed by atoms with van der Waals surface area (Å²) in [6.45, 7) is 0.541. The quantitative estimate of drug-likeness (QED) is 0.919. The number of sulfonamides is 1. The first-order chi connectivity index (χ1) is 11.0. The van der Waals surface area contributed by atoms with Crippen molar-refractivity contribution >= 4 is 10.0 Å². The van der Waals surface area contributed by atoms with Crippen LogP contribution in [0.1, 0.15) is 24.5 Å². The zero-order valence-electron chi connectivity index (χ0n) is 12.3. The summed E-state index contributed by atoms with van der Waals surface area (Å²) >= 11 is 0. The minimum absolute atomic E-state index is 0.138. The molecule has 1 saturated heterocycles. The van der Waals surface area contributed by atoms with Gasteiger partial charge in [-0.15, -0.1) is 0 Å². The van der Waals surface area contributed by atoms with Gasteiger partial charge in [0, 0.05) is 30.9 Å². The van der Waals surface area contributed by atoms with E-state index in [9.17, 15) is 17.6 Å². The fraction of sp³-hybridized carbons (Fsp3) is 0.333. The summed E-state index contributed by atoms with van der Waals surface area (Å²) in [4.78, 5) is 17.2. The minimum Gasteiger partial charge on any atom is -0.309 e. The third-order valence-corrected chi connectivity index (χ3v) is 5.87. The van der Waals surface area contributed by atoms with Gasteiger partial charge < -0.3 is 4.98 Å². The summed E-state index contributed by atoms with van der Waals surface area (Å²) < 4.78 is 40.4. The van der Waals surface area contributed by atoms with Crippen molar-refractivity contribution in [3.63, 3.8) is 0 Å². The van der Waals surface area contributed by atoms with E-state index in [1.165, 1.54) is 28.7 Å². The van der Waals surface area contributed by atoms with Crippen LogP contribution in [0.4, 0.5) is 4.39 Å². The maximum absolute atomic E-state index is 13.9. The third kappa shape index (κ3) is 3.18. The van der Waals surface area contributed by atoms with E-state index in [0.29, 0.717) is 18.7 Å². The van der Waals surface area contributed by atoms with Crippen molar-refractivity contribution in [1.82, 2.24) is 14.3 Å². The molecule has 8 heteroatoms. The van der Waals surface area contributed by atoms with Gasteiger partial charge in [-0.3, -0.25) is 0 Å². The van der Waals surface area contributed by atoms with Crippen LogP contribution in [-0.2, 0) is 10.0 Å². The summed E-state index contributed by atoms with van der Waals surface area (Å²) in [6.07, 6.45) is 2.80. The van der Waals surface area contributed by atoms with E-state index < -0.39 is 21.5 Å². The lowest BCUT2D eigenvalue weighted by molar-refractivity contribution is 0.311. The van der Waals surface area contributed by atoms with Crippen molar-refractivity contribution in [3.8, 4) is 0 Å². The van der Waals surface area contributed by atoms with Crippen LogP contribution in [0.25, 0.3) is 0 Å². The molecule has 1 aromatic heterocycles. The fourth-order valence-corrected chi connectivity index (χ4v) is 4.42. The molecule has 0 radical (unpaired) electrons. The van der Waals surface area contributed by atoms with Crippen LogP contribution in [0.3, 0.4) is 0 Å². The van der Waals surface area contributed by atoms with Crippen LogP contribution >= 0.6 is 0 Å². The Kier molecular flexibility index (Phi) is 4.27. The first-order valence-corrected chi connectivity index (χ1v) is 8.72. The monoisotopic (exact) mass is 337 g/mol. The Labute approximate surface area is 133 Å². The predicted molar refractivity (Wildman–Crippen MR) is 82.0 cm³/mol. The number of aromatic nitrogens is 2. The smallest absolute Gasteiger partial charge is 0.309 e. The Hall–Kier alpha value is -2.06. The van der Waals surface area contributed by atoms with Crippen LogP contribution < -0.4 is 5.69 Å². The molecular weight excluding hydrogens is 321 g/mol. The first kappa shape index (κ1) is 15.8. The maximum atomic E-state index is 13.9. The lowest BCUT2D eigenvalue weighted by Crippen LogP contribution is -2.39. The molecule has 6 nitrogen and oxygen atoms in total. The molecule has 122 valence electrons. The number of halogens is 1. The molecule has 1 atom stereocenters. The molecule has 1 aliphatic rings. The van der Waals surface area contributed by atoms with E-state index in [2.05, 4.69) is 9.97 Å². The first-order valence-electron chi connectivity index (χ1n) is 7.28. The van der Waals surface area contributed by atoms with Gasteiger partial charge in [0.25, 0.3) is 0 Å². The zero-order valence-corrected chi connectivity index (χ0v) is 13.1. The molecule has 0 spiro atoms. The summed E-state index contributed by atoms with van der Waals surface area (Å²) in [6, 6.07) is 7.02. The van der Waals surface area contributed by atoms with E-state index in [4.69, 9.17) is 0 Å². The Morgan fingerprint density at radius 3 is 2.78 bits per heavy atom. The molecule has 2 heterocycles.